The molecule has 0 saturated heterocycles. The number of aromatic nitrogens is 2. The number of ether oxygens (including phenoxy) is 1. The van der Waals surface area contributed by atoms with E-state index in [1.165, 1.54) is 12.4 Å². The Hall–Kier alpha value is -2.17. The zero-order chi connectivity index (χ0) is 13.2. The van der Waals surface area contributed by atoms with Crippen LogP contribution in [0.1, 0.15) is 24.1 Å². The lowest BCUT2D eigenvalue weighted by Gasteiger charge is -2.17. The first kappa shape index (κ1) is 11.9. The SMILES string of the molecule is Nc1cccc(F)c1Oc1ncnc2c1CCCC2. The van der Waals surface area contributed by atoms with Crippen molar-refractivity contribution in [1.29, 1.82) is 0 Å². The number of fused-ring (bicyclic) bond motifs is 1. The van der Waals surface area contributed by atoms with Crippen LogP contribution in [0.2, 0.25) is 0 Å². The normalized spacial score (nSPS) is 13.9. The smallest absolute Gasteiger partial charge is 0.226 e. The third kappa shape index (κ3) is 2.23. The molecule has 0 atom stereocenters. The van der Waals surface area contributed by atoms with Crippen LogP contribution < -0.4 is 10.5 Å². The standard InChI is InChI=1S/C14H14FN3O/c15-10-5-3-6-11(16)13(10)19-14-9-4-1-2-7-12(9)17-8-18-14/h3,5-6,8H,1-2,4,7,16H2. The van der Waals surface area contributed by atoms with E-state index < -0.39 is 5.82 Å². The Morgan fingerprint density at radius 3 is 2.84 bits per heavy atom. The van der Waals surface area contributed by atoms with E-state index in [2.05, 4.69) is 9.97 Å². The second kappa shape index (κ2) is 4.84. The summed E-state index contributed by atoms with van der Waals surface area (Å²) < 4.78 is 19.3. The number of rotatable bonds is 2. The molecule has 0 radical (unpaired) electrons. The summed E-state index contributed by atoms with van der Waals surface area (Å²) in [5.74, 6) is -0.0290. The van der Waals surface area contributed by atoms with Gasteiger partial charge in [0.25, 0.3) is 0 Å². The zero-order valence-electron chi connectivity index (χ0n) is 10.4. The highest BCUT2D eigenvalue weighted by atomic mass is 19.1. The van der Waals surface area contributed by atoms with Crippen LogP contribution in [0.15, 0.2) is 24.5 Å². The number of anilines is 1. The summed E-state index contributed by atoms with van der Waals surface area (Å²) in [5.41, 5.74) is 7.96. The largest absolute Gasteiger partial charge is 0.433 e. The highest BCUT2D eigenvalue weighted by Gasteiger charge is 2.18. The van der Waals surface area contributed by atoms with Gasteiger partial charge >= 0.3 is 0 Å². The van der Waals surface area contributed by atoms with Gasteiger partial charge in [-0.05, 0) is 37.8 Å². The van der Waals surface area contributed by atoms with Crippen LogP contribution in [-0.4, -0.2) is 9.97 Å². The summed E-state index contributed by atoms with van der Waals surface area (Å²) in [5, 5.41) is 0. The molecular weight excluding hydrogens is 245 g/mol. The molecule has 1 aliphatic carbocycles. The average molecular weight is 259 g/mol. The van der Waals surface area contributed by atoms with Crippen LogP contribution in [0, 0.1) is 5.82 Å². The minimum atomic E-state index is -0.483. The molecule has 1 heterocycles. The molecule has 3 rings (SSSR count). The quantitative estimate of drug-likeness (QED) is 0.842. The van der Waals surface area contributed by atoms with Crippen LogP contribution in [-0.2, 0) is 12.8 Å². The molecule has 98 valence electrons. The fourth-order valence-corrected chi connectivity index (χ4v) is 2.31. The Morgan fingerprint density at radius 2 is 2.00 bits per heavy atom. The fraction of sp³-hybridized carbons (Fsp3) is 0.286. The third-order valence-corrected chi connectivity index (χ3v) is 3.28. The highest BCUT2D eigenvalue weighted by molar-refractivity contribution is 5.54. The van der Waals surface area contributed by atoms with E-state index in [-0.39, 0.29) is 11.4 Å². The van der Waals surface area contributed by atoms with Crippen molar-refractivity contribution < 1.29 is 9.13 Å². The first-order chi connectivity index (χ1) is 9.25. The summed E-state index contributed by atoms with van der Waals surface area (Å²) in [7, 11) is 0. The topological polar surface area (TPSA) is 61.0 Å². The van der Waals surface area contributed by atoms with E-state index >= 15 is 0 Å². The van der Waals surface area contributed by atoms with Crippen molar-refractivity contribution in [3.8, 4) is 11.6 Å². The van der Waals surface area contributed by atoms with Gasteiger partial charge in [0.05, 0.1) is 11.4 Å². The second-order valence-corrected chi connectivity index (χ2v) is 4.57. The molecule has 2 N–H and O–H groups in total. The van der Waals surface area contributed by atoms with Crippen molar-refractivity contribution in [3.05, 3.63) is 41.6 Å². The van der Waals surface area contributed by atoms with Crippen molar-refractivity contribution in [2.24, 2.45) is 0 Å². The summed E-state index contributed by atoms with van der Waals surface area (Å²) in [4.78, 5) is 8.36. The van der Waals surface area contributed by atoms with Crippen molar-refractivity contribution in [2.75, 3.05) is 5.73 Å². The number of hydrogen-bond donors (Lipinski definition) is 1. The molecule has 0 bridgehead atoms. The molecule has 0 unspecified atom stereocenters. The maximum atomic E-state index is 13.7. The summed E-state index contributed by atoms with van der Waals surface area (Å²) in [6.07, 6.45) is 5.42. The molecule has 19 heavy (non-hydrogen) atoms. The molecule has 1 aromatic carbocycles. The fourth-order valence-electron chi connectivity index (χ4n) is 2.31. The zero-order valence-corrected chi connectivity index (χ0v) is 10.4. The van der Waals surface area contributed by atoms with Gasteiger partial charge in [-0.15, -0.1) is 0 Å². The molecule has 0 spiro atoms. The molecule has 2 aromatic rings. The van der Waals surface area contributed by atoms with Crippen LogP contribution in [0.4, 0.5) is 10.1 Å². The van der Waals surface area contributed by atoms with Gasteiger partial charge in [-0.1, -0.05) is 6.07 Å². The summed E-state index contributed by atoms with van der Waals surface area (Å²) in [6, 6.07) is 4.47. The lowest BCUT2D eigenvalue weighted by molar-refractivity contribution is 0.418. The van der Waals surface area contributed by atoms with Crippen molar-refractivity contribution in [3.63, 3.8) is 0 Å². The number of nitrogens with zero attached hydrogens (tertiary/aromatic N) is 2. The minimum absolute atomic E-state index is 0.0361. The molecule has 0 saturated carbocycles. The Labute approximate surface area is 110 Å². The molecule has 0 aliphatic heterocycles. The van der Waals surface area contributed by atoms with Gasteiger partial charge in [-0.2, -0.15) is 0 Å². The van der Waals surface area contributed by atoms with Gasteiger partial charge in [0.1, 0.15) is 6.33 Å². The number of halogens is 1. The number of hydrogen-bond acceptors (Lipinski definition) is 4. The first-order valence-electron chi connectivity index (χ1n) is 6.30. The predicted molar refractivity (Wildman–Crippen MR) is 69.6 cm³/mol. The molecule has 1 aromatic heterocycles. The maximum absolute atomic E-state index is 13.7. The minimum Gasteiger partial charge on any atom is -0.433 e. The van der Waals surface area contributed by atoms with Crippen LogP contribution >= 0.6 is 0 Å². The number of nitrogens with two attached hydrogens (primary N) is 1. The molecule has 4 nitrogen and oxygen atoms in total. The number of benzene rings is 1. The Balaban J connectivity index is 2.00. The molecular formula is C14H14FN3O. The lowest BCUT2D eigenvalue weighted by atomic mass is 9.97. The van der Waals surface area contributed by atoms with Gasteiger partial charge < -0.3 is 10.5 Å². The third-order valence-electron chi connectivity index (χ3n) is 3.28. The van der Waals surface area contributed by atoms with E-state index in [1.54, 1.807) is 12.1 Å². The van der Waals surface area contributed by atoms with Crippen molar-refractivity contribution in [2.45, 2.75) is 25.7 Å². The Kier molecular flexibility index (Phi) is 3.03. The van der Waals surface area contributed by atoms with Gasteiger partial charge in [0.2, 0.25) is 5.88 Å². The lowest BCUT2D eigenvalue weighted by Crippen LogP contribution is -2.09. The summed E-state index contributed by atoms with van der Waals surface area (Å²) in [6.45, 7) is 0. The predicted octanol–water partition coefficient (Wildman–Crippen LogP) is 2.87. The van der Waals surface area contributed by atoms with E-state index in [1.807, 2.05) is 0 Å². The molecule has 5 heteroatoms. The van der Waals surface area contributed by atoms with E-state index in [4.69, 9.17) is 10.5 Å². The van der Waals surface area contributed by atoms with Crippen molar-refractivity contribution >= 4 is 5.69 Å². The number of para-hydroxylation sites is 1. The van der Waals surface area contributed by atoms with E-state index in [9.17, 15) is 4.39 Å². The Morgan fingerprint density at radius 1 is 1.16 bits per heavy atom. The second-order valence-electron chi connectivity index (χ2n) is 4.57. The molecule has 0 amide bonds. The summed E-state index contributed by atoms with van der Waals surface area (Å²) >= 11 is 0. The van der Waals surface area contributed by atoms with Crippen LogP contribution in [0.3, 0.4) is 0 Å². The Bertz CT molecular complexity index is 595. The van der Waals surface area contributed by atoms with Crippen LogP contribution in [0.25, 0.3) is 0 Å². The number of nitrogen functional groups attached to an aromatic ring is 1. The monoisotopic (exact) mass is 259 g/mol. The molecule has 0 fully saturated rings. The van der Waals surface area contributed by atoms with Gasteiger partial charge in [-0.25, -0.2) is 14.4 Å². The highest BCUT2D eigenvalue weighted by Crippen LogP contribution is 2.33. The van der Waals surface area contributed by atoms with Crippen LogP contribution in [0.5, 0.6) is 11.6 Å². The molecule has 1 aliphatic rings. The van der Waals surface area contributed by atoms with E-state index in [0.29, 0.717) is 5.88 Å². The van der Waals surface area contributed by atoms with Gasteiger partial charge in [0.15, 0.2) is 11.6 Å². The van der Waals surface area contributed by atoms with Gasteiger partial charge in [0, 0.05) is 5.56 Å². The maximum Gasteiger partial charge on any atom is 0.226 e. The average Bonchev–Trinajstić information content (AvgIpc) is 2.43. The van der Waals surface area contributed by atoms with E-state index in [0.717, 1.165) is 36.9 Å². The van der Waals surface area contributed by atoms with Crippen molar-refractivity contribution in [1.82, 2.24) is 9.97 Å². The van der Waals surface area contributed by atoms with Gasteiger partial charge in [-0.3, -0.25) is 0 Å². The first-order valence-corrected chi connectivity index (χ1v) is 6.30. The number of aryl methyl sites for hydroxylation is 1.